The van der Waals surface area contributed by atoms with E-state index >= 15 is 0 Å². The Hall–Kier alpha value is -1.06. The minimum atomic E-state index is 0.480. The molecule has 1 heterocycles. The Bertz CT molecular complexity index is 500. The van der Waals surface area contributed by atoms with E-state index in [4.69, 9.17) is 17.3 Å². The lowest BCUT2D eigenvalue weighted by Crippen LogP contribution is -1.91. The van der Waals surface area contributed by atoms with Crippen LogP contribution in [-0.2, 0) is 0 Å². The number of nitrogens with two attached hydrogens (primary N) is 1. The summed E-state index contributed by atoms with van der Waals surface area (Å²) in [7, 11) is 0. The van der Waals surface area contributed by atoms with E-state index in [1.165, 1.54) is 0 Å². The maximum atomic E-state index is 6.10. The minimum Gasteiger partial charge on any atom is -0.384 e. The second-order valence-corrected chi connectivity index (χ2v) is 4.33. The maximum Gasteiger partial charge on any atom is 0.123 e. The highest BCUT2D eigenvalue weighted by Crippen LogP contribution is 2.33. The zero-order chi connectivity index (χ0) is 10.8. The third-order valence-corrected chi connectivity index (χ3v) is 3.00. The third kappa shape index (κ3) is 2.13. The van der Waals surface area contributed by atoms with Gasteiger partial charge in [0.05, 0.1) is 0 Å². The molecule has 2 aromatic rings. The maximum absolute atomic E-state index is 6.10. The average Bonchev–Trinajstić information content (AvgIpc) is 2.23. The topological polar surface area (TPSA) is 38.9 Å². The van der Waals surface area contributed by atoms with E-state index in [0.717, 1.165) is 15.6 Å². The molecule has 0 aliphatic heterocycles. The fourth-order valence-corrected chi connectivity index (χ4v) is 2.01. The van der Waals surface area contributed by atoms with Gasteiger partial charge in [-0.15, -0.1) is 0 Å². The lowest BCUT2D eigenvalue weighted by molar-refractivity contribution is 1.32. The van der Waals surface area contributed by atoms with Crippen LogP contribution in [0.15, 0.2) is 41.0 Å². The first-order valence-electron chi connectivity index (χ1n) is 4.34. The van der Waals surface area contributed by atoms with Crippen LogP contribution in [0.4, 0.5) is 5.82 Å². The zero-order valence-electron chi connectivity index (χ0n) is 7.74. The summed E-state index contributed by atoms with van der Waals surface area (Å²) in [6, 6.07) is 9.42. The van der Waals surface area contributed by atoms with Gasteiger partial charge in [-0.05, 0) is 28.1 Å². The van der Waals surface area contributed by atoms with E-state index in [9.17, 15) is 0 Å². The molecule has 0 saturated carbocycles. The summed E-state index contributed by atoms with van der Waals surface area (Å²) in [6.07, 6.45) is 1.67. The molecule has 0 aliphatic rings. The molecule has 1 aromatic carbocycles. The van der Waals surface area contributed by atoms with Crippen LogP contribution in [0.25, 0.3) is 11.1 Å². The van der Waals surface area contributed by atoms with Crippen molar-refractivity contribution in [2.75, 3.05) is 5.73 Å². The predicted octanol–water partition coefficient (Wildman–Crippen LogP) is 3.75. The van der Waals surface area contributed by atoms with Gasteiger partial charge in [-0.3, -0.25) is 0 Å². The number of hydrogen-bond acceptors (Lipinski definition) is 2. The van der Waals surface area contributed by atoms with Crippen LogP contribution in [0.2, 0.25) is 5.02 Å². The van der Waals surface area contributed by atoms with Crippen LogP contribution >= 0.6 is 27.5 Å². The van der Waals surface area contributed by atoms with Crippen LogP contribution in [-0.4, -0.2) is 4.98 Å². The SMILES string of the molecule is Nc1cc(-c2ccccc2Cl)c(Br)cn1. The summed E-state index contributed by atoms with van der Waals surface area (Å²) in [5.74, 6) is 0.480. The Kier molecular flexibility index (Phi) is 2.93. The molecule has 0 unspecified atom stereocenters. The molecule has 0 bridgehead atoms. The first-order valence-corrected chi connectivity index (χ1v) is 5.51. The van der Waals surface area contributed by atoms with Crippen LogP contribution in [0, 0.1) is 0 Å². The Morgan fingerprint density at radius 2 is 1.93 bits per heavy atom. The summed E-state index contributed by atoms with van der Waals surface area (Å²) in [5.41, 5.74) is 7.54. The number of hydrogen-bond donors (Lipinski definition) is 1. The van der Waals surface area contributed by atoms with Gasteiger partial charge in [-0.2, -0.15) is 0 Å². The number of anilines is 1. The van der Waals surface area contributed by atoms with Gasteiger partial charge in [0.15, 0.2) is 0 Å². The van der Waals surface area contributed by atoms with Crippen molar-refractivity contribution in [3.8, 4) is 11.1 Å². The average molecular weight is 284 g/mol. The Morgan fingerprint density at radius 1 is 1.20 bits per heavy atom. The normalized spacial score (nSPS) is 10.3. The first kappa shape index (κ1) is 10.5. The van der Waals surface area contributed by atoms with Crippen LogP contribution in [0.3, 0.4) is 0 Å². The highest BCUT2D eigenvalue weighted by Gasteiger charge is 2.07. The van der Waals surface area contributed by atoms with Gasteiger partial charge in [-0.25, -0.2) is 4.98 Å². The second-order valence-electron chi connectivity index (χ2n) is 3.07. The van der Waals surface area contributed by atoms with Gasteiger partial charge < -0.3 is 5.73 Å². The molecule has 76 valence electrons. The van der Waals surface area contributed by atoms with Gasteiger partial charge in [0, 0.05) is 26.8 Å². The molecule has 0 amide bonds. The Labute approximate surface area is 101 Å². The van der Waals surface area contributed by atoms with Crippen LogP contribution < -0.4 is 5.73 Å². The van der Waals surface area contributed by atoms with Crippen molar-refractivity contribution in [2.24, 2.45) is 0 Å². The summed E-state index contributed by atoms with van der Waals surface area (Å²) in [6.45, 7) is 0. The van der Waals surface area contributed by atoms with Crippen molar-refractivity contribution >= 4 is 33.3 Å². The number of nitrogens with zero attached hydrogens (tertiary/aromatic N) is 1. The molecule has 0 spiro atoms. The Balaban J connectivity index is 2.64. The molecule has 0 radical (unpaired) electrons. The van der Waals surface area contributed by atoms with Crippen LogP contribution in [0.1, 0.15) is 0 Å². The number of rotatable bonds is 1. The van der Waals surface area contributed by atoms with E-state index in [1.54, 1.807) is 12.3 Å². The number of aromatic nitrogens is 1. The van der Waals surface area contributed by atoms with E-state index in [2.05, 4.69) is 20.9 Å². The summed E-state index contributed by atoms with van der Waals surface area (Å²) in [5, 5.41) is 0.698. The number of benzene rings is 1. The van der Waals surface area contributed by atoms with Gasteiger partial charge in [0.1, 0.15) is 5.82 Å². The summed E-state index contributed by atoms with van der Waals surface area (Å²) in [4.78, 5) is 3.98. The molecular weight excluding hydrogens is 275 g/mol. The highest BCUT2D eigenvalue weighted by atomic mass is 79.9. The second kappa shape index (κ2) is 4.21. The van der Waals surface area contributed by atoms with Crippen molar-refractivity contribution in [2.45, 2.75) is 0 Å². The molecule has 2 nitrogen and oxygen atoms in total. The molecule has 2 rings (SSSR count). The molecule has 15 heavy (non-hydrogen) atoms. The van der Waals surface area contributed by atoms with Crippen molar-refractivity contribution in [1.29, 1.82) is 0 Å². The highest BCUT2D eigenvalue weighted by molar-refractivity contribution is 9.10. The fourth-order valence-electron chi connectivity index (χ4n) is 1.34. The summed E-state index contributed by atoms with van der Waals surface area (Å²) >= 11 is 9.53. The van der Waals surface area contributed by atoms with Gasteiger partial charge >= 0.3 is 0 Å². The number of halogens is 2. The smallest absolute Gasteiger partial charge is 0.123 e. The lowest BCUT2D eigenvalue weighted by Gasteiger charge is -2.06. The molecule has 0 aliphatic carbocycles. The van der Waals surface area contributed by atoms with Gasteiger partial charge in [0.2, 0.25) is 0 Å². The number of nitrogen functional groups attached to an aromatic ring is 1. The lowest BCUT2D eigenvalue weighted by atomic mass is 10.1. The Morgan fingerprint density at radius 3 is 2.67 bits per heavy atom. The minimum absolute atomic E-state index is 0.480. The van der Waals surface area contributed by atoms with Crippen molar-refractivity contribution in [1.82, 2.24) is 4.98 Å². The largest absolute Gasteiger partial charge is 0.384 e. The molecule has 2 N–H and O–H groups in total. The van der Waals surface area contributed by atoms with Gasteiger partial charge in [-0.1, -0.05) is 29.8 Å². The van der Waals surface area contributed by atoms with Crippen LogP contribution in [0.5, 0.6) is 0 Å². The van der Waals surface area contributed by atoms with E-state index in [0.29, 0.717) is 10.8 Å². The molecule has 4 heteroatoms. The molecule has 0 atom stereocenters. The molecule has 0 saturated heterocycles. The molecular formula is C11H8BrClN2. The van der Waals surface area contributed by atoms with E-state index in [-0.39, 0.29) is 0 Å². The van der Waals surface area contributed by atoms with Crippen molar-refractivity contribution in [3.05, 3.63) is 46.0 Å². The zero-order valence-corrected chi connectivity index (χ0v) is 10.1. The van der Waals surface area contributed by atoms with Crippen molar-refractivity contribution < 1.29 is 0 Å². The third-order valence-electron chi connectivity index (χ3n) is 2.04. The monoisotopic (exact) mass is 282 g/mol. The number of pyridine rings is 1. The predicted molar refractivity (Wildman–Crippen MR) is 66.8 cm³/mol. The molecule has 1 aromatic heterocycles. The first-order chi connectivity index (χ1) is 7.18. The summed E-state index contributed by atoms with van der Waals surface area (Å²) < 4.78 is 0.879. The van der Waals surface area contributed by atoms with E-state index in [1.807, 2.05) is 24.3 Å². The fraction of sp³-hybridized carbons (Fsp3) is 0. The standard InChI is InChI=1S/C11H8BrClN2/c12-9-6-15-11(14)5-8(9)7-3-1-2-4-10(7)13/h1-6H,(H2,14,15). The molecule has 0 fully saturated rings. The van der Waals surface area contributed by atoms with Crippen molar-refractivity contribution in [3.63, 3.8) is 0 Å². The van der Waals surface area contributed by atoms with E-state index < -0.39 is 0 Å². The quantitative estimate of drug-likeness (QED) is 0.866. The van der Waals surface area contributed by atoms with Gasteiger partial charge in [0.25, 0.3) is 0 Å².